The van der Waals surface area contributed by atoms with Gasteiger partial charge in [0.15, 0.2) is 5.78 Å². The topological polar surface area (TPSA) is 81.0 Å². The zero-order valence-electron chi connectivity index (χ0n) is 17.3. The lowest BCUT2D eigenvalue weighted by atomic mass is 9.76. The first-order chi connectivity index (χ1) is 13.5. The molecule has 0 radical (unpaired) electrons. The van der Waals surface area contributed by atoms with E-state index in [1.54, 1.807) is 7.11 Å². The number of allylic oxidation sites excluding steroid dienone is 2. The number of Topliss-reactive ketones (excluding diaryl/α,β-unsaturated/α-hetero) is 1. The maximum Gasteiger partial charge on any atom is 0.217 e. The van der Waals surface area contributed by atoms with Crippen LogP contribution in [0.25, 0.3) is 0 Å². The summed E-state index contributed by atoms with van der Waals surface area (Å²) in [6.07, 6.45) is 5.51. The Labute approximate surface area is 166 Å². The number of carbonyl (C=O) groups excluding carboxylic acids is 1. The van der Waals surface area contributed by atoms with Crippen LogP contribution in [0.2, 0.25) is 0 Å². The average molecular weight is 386 g/mol. The number of oxime groups is 1. The molecule has 1 atom stereocenters. The van der Waals surface area contributed by atoms with Gasteiger partial charge in [0.1, 0.15) is 12.4 Å². The summed E-state index contributed by atoms with van der Waals surface area (Å²) in [6.45, 7) is 6.19. The van der Waals surface area contributed by atoms with Gasteiger partial charge in [0, 0.05) is 30.0 Å². The number of hydrogen-bond donors (Lipinski definition) is 1. The highest BCUT2D eigenvalue weighted by Crippen LogP contribution is 2.42. The van der Waals surface area contributed by atoms with Gasteiger partial charge < -0.3 is 14.7 Å². The molecule has 1 aromatic heterocycles. The van der Waals surface area contributed by atoms with E-state index < -0.39 is 0 Å². The van der Waals surface area contributed by atoms with Gasteiger partial charge in [-0.05, 0) is 57.1 Å². The molecule has 0 bridgehead atoms. The molecule has 6 heteroatoms. The monoisotopic (exact) mass is 386 g/mol. The summed E-state index contributed by atoms with van der Waals surface area (Å²) in [5, 5.41) is 14.8. The number of aliphatic hydroxyl groups is 1. The van der Waals surface area contributed by atoms with Gasteiger partial charge in [0.05, 0.1) is 18.4 Å². The average Bonchev–Trinajstić information content (AvgIpc) is 2.69. The Morgan fingerprint density at radius 1 is 1.21 bits per heavy atom. The van der Waals surface area contributed by atoms with E-state index in [2.05, 4.69) is 10.1 Å². The van der Waals surface area contributed by atoms with Gasteiger partial charge in [-0.3, -0.25) is 4.79 Å². The molecular weight excluding hydrogens is 356 g/mol. The van der Waals surface area contributed by atoms with Crippen LogP contribution in [0.3, 0.4) is 0 Å². The van der Waals surface area contributed by atoms with Crippen LogP contribution in [-0.4, -0.2) is 35.3 Å². The van der Waals surface area contributed by atoms with Crippen LogP contribution in [0.15, 0.2) is 16.5 Å². The fourth-order valence-electron chi connectivity index (χ4n) is 4.44. The minimum atomic E-state index is -0.128. The van der Waals surface area contributed by atoms with Crippen molar-refractivity contribution in [2.45, 2.75) is 71.6 Å². The summed E-state index contributed by atoms with van der Waals surface area (Å²) >= 11 is 0. The van der Waals surface area contributed by atoms with Crippen LogP contribution >= 0.6 is 0 Å². The van der Waals surface area contributed by atoms with Gasteiger partial charge in [0.25, 0.3) is 0 Å². The van der Waals surface area contributed by atoms with Crippen molar-refractivity contribution in [2.24, 2.45) is 5.16 Å². The number of ketones is 1. The Morgan fingerprint density at radius 2 is 1.93 bits per heavy atom. The number of aliphatic hydroxyl groups excluding tert-OH is 1. The Bertz CT molecular complexity index is 826. The number of nitrogens with zero attached hydrogens (tertiary/aromatic N) is 2. The lowest BCUT2D eigenvalue weighted by Gasteiger charge is -2.30. The maximum atomic E-state index is 13.0. The van der Waals surface area contributed by atoms with Crippen molar-refractivity contribution < 1.29 is 19.5 Å². The fourth-order valence-corrected chi connectivity index (χ4v) is 4.44. The lowest BCUT2D eigenvalue weighted by molar-refractivity contribution is -0.116. The van der Waals surface area contributed by atoms with Gasteiger partial charge in [-0.2, -0.15) is 0 Å². The van der Waals surface area contributed by atoms with Crippen LogP contribution < -0.4 is 4.74 Å². The molecule has 0 saturated carbocycles. The molecule has 3 rings (SSSR count). The van der Waals surface area contributed by atoms with Gasteiger partial charge in [0.2, 0.25) is 5.88 Å². The van der Waals surface area contributed by atoms with E-state index in [-0.39, 0.29) is 17.5 Å². The van der Waals surface area contributed by atoms with Crippen molar-refractivity contribution in [1.82, 2.24) is 4.98 Å². The summed E-state index contributed by atoms with van der Waals surface area (Å²) in [5.41, 5.74) is 5.40. The quantitative estimate of drug-likeness (QED) is 0.581. The molecule has 6 nitrogen and oxygen atoms in total. The first-order valence-electron chi connectivity index (χ1n) is 10.2. The molecule has 0 saturated heterocycles. The number of ether oxygens (including phenoxy) is 1. The normalized spacial score (nSPS) is 20.2. The van der Waals surface area contributed by atoms with E-state index in [0.29, 0.717) is 43.0 Å². The number of rotatable bonds is 6. The molecule has 1 unspecified atom stereocenters. The lowest BCUT2D eigenvalue weighted by Crippen LogP contribution is -2.25. The second kappa shape index (κ2) is 8.76. The molecule has 1 N–H and O–H groups in total. The first kappa shape index (κ1) is 20.4. The van der Waals surface area contributed by atoms with E-state index >= 15 is 0 Å². The third-order valence-electron chi connectivity index (χ3n) is 5.70. The van der Waals surface area contributed by atoms with Gasteiger partial charge >= 0.3 is 0 Å². The highest BCUT2D eigenvalue weighted by molar-refractivity contribution is 6.23. The molecule has 28 heavy (non-hydrogen) atoms. The van der Waals surface area contributed by atoms with Gasteiger partial charge in [-0.25, -0.2) is 4.98 Å². The molecule has 1 aromatic rings. The molecular formula is C22H30N2O4. The Morgan fingerprint density at radius 3 is 2.54 bits per heavy atom. The molecule has 152 valence electrons. The summed E-state index contributed by atoms with van der Waals surface area (Å²) in [4.78, 5) is 22.8. The second-order valence-corrected chi connectivity index (χ2v) is 7.44. The number of pyridine rings is 1. The second-order valence-electron chi connectivity index (χ2n) is 7.44. The van der Waals surface area contributed by atoms with Crippen LogP contribution in [0.4, 0.5) is 0 Å². The van der Waals surface area contributed by atoms with E-state index in [1.807, 2.05) is 20.8 Å². The Balaban J connectivity index is 2.03. The standard InChI is InChI=1S/C22H30N2O4/c1-5-17(24-28-6-2)21-18(25)11-14(12-19(21)26)20-16-10-8-7-9-15(16)13(3)23-22(20)27-4/h14,25H,5-12H2,1-4H3. The number of methoxy groups -OCH3 is 1. The van der Waals surface area contributed by atoms with Crippen molar-refractivity contribution in [3.05, 3.63) is 33.7 Å². The largest absolute Gasteiger partial charge is 0.511 e. The molecule has 0 aromatic carbocycles. The maximum absolute atomic E-state index is 13.0. The molecule has 2 aliphatic carbocycles. The number of aryl methyl sites for hydroxylation is 1. The Kier molecular flexibility index (Phi) is 6.37. The molecule has 0 aliphatic heterocycles. The molecule has 0 spiro atoms. The molecule has 0 amide bonds. The van der Waals surface area contributed by atoms with E-state index in [1.165, 1.54) is 11.1 Å². The predicted octanol–water partition coefficient (Wildman–Crippen LogP) is 4.34. The minimum absolute atomic E-state index is 0.0914. The highest BCUT2D eigenvalue weighted by atomic mass is 16.6. The van der Waals surface area contributed by atoms with Crippen LogP contribution in [0.1, 0.15) is 74.3 Å². The SMILES string of the molecule is CCON=C(CC)C1=C(O)CC(c2c(OC)nc(C)c3c2CCCC3)CC1=O. The predicted molar refractivity (Wildman–Crippen MR) is 108 cm³/mol. The van der Waals surface area contributed by atoms with Crippen LogP contribution in [0, 0.1) is 6.92 Å². The van der Waals surface area contributed by atoms with Gasteiger partial charge in [-0.1, -0.05) is 12.1 Å². The van der Waals surface area contributed by atoms with Crippen LogP contribution in [0.5, 0.6) is 5.88 Å². The minimum Gasteiger partial charge on any atom is -0.511 e. The van der Waals surface area contributed by atoms with Gasteiger partial charge in [-0.15, -0.1) is 0 Å². The zero-order chi connectivity index (χ0) is 20.3. The number of aromatic nitrogens is 1. The van der Waals surface area contributed by atoms with E-state index in [9.17, 15) is 9.90 Å². The smallest absolute Gasteiger partial charge is 0.217 e. The zero-order valence-corrected chi connectivity index (χ0v) is 17.3. The number of fused-ring (bicyclic) bond motifs is 1. The number of carbonyl (C=O) groups is 1. The van der Waals surface area contributed by atoms with Crippen LogP contribution in [-0.2, 0) is 22.5 Å². The molecule has 2 aliphatic rings. The summed E-state index contributed by atoms with van der Waals surface area (Å²) in [7, 11) is 1.62. The Hall–Kier alpha value is -2.37. The van der Waals surface area contributed by atoms with Crippen molar-refractivity contribution in [3.63, 3.8) is 0 Å². The first-order valence-corrected chi connectivity index (χ1v) is 10.2. The van der Waals surface area contributed by atoms with Crippen molar-refractivity contribution in [2.75, 3.05) is 13.7 Å². The van der Waals surface area contributed by atoms with E-state index in [4.69, 9.17) is 9.57 Å². The molecule has 0 fully saturated rings. The fraction of sp³-hybridized carbons (Fsp3) is 0.591. The third-order valence-corrected chi connectivity index (χ3v) is 5.70. The third kappa shape index (κ3) is 3.77. The molecule has 1 heterocycles. The van der Waals surface area contributed by atoms with E-state index in [0.717, 1.165) is 36.9 Å². The van der Waals surface area contributed by atoms with Crippen molar-refractivity contribution >= 4 is 11.5 Å². The summed E-state index contributed by atoms with van der Waals surface area (Å²) < 4.78 is 5.60. The summed E-state index contributed by atoms with van der Waals surface area (Å²) in [5.74, 6) is 0.456. The van der Waals surface area contributed by atoms with Crippen molar-refractivity contribution in [1.29, 1.82) is 0 Å². The summed E-state index contributed by atoms with van der Waals surface area (Å²) in [6, 6.07) is 0. The number of hydrogen-bond acceptors (Lipinski definition) is 6. The highest BCUT2D eigenvalue weighted by Gasteiger charge is 2.35. The van der Waals surface area contributed by atoms with Crippen molar-refractivity contribution in [3.8, 4) is 5.88 Å².